The molecule has 0 spiro atoms. The van der Waals surface area contributed by atoms with Gasteiger partial charge in [0, 0.05) is 18.7 Å². The van der Waals surface area contributed by atoms with Crippen LogP contribution in [-0.4, -0.2) is 43.9 Å². The smallest absolute Gasteiger partial charge is 0.349 e. The van der Waals surface area contributed by atoms with E-state index in [1.807, 2.05) is 36.4 Å². The Kier molecular flexibility index (Phi) is 6.36. The maximum absolute atomic E-state index is 12.1. The molecule has 1 aliphatic rings. The van der Waals surface area contributed by atoms with Gasteiger partial charge in [-0.15, -0.1) is 0 Å². The third-order valence-corrected chi connectivity index (χ3v) is 4.98. The van der Waals surface area contributed by atoms with Gasteiger partial charge in [-0.3, -0.25) is 0 Å². The largest absolute Gasteiger partial charge is 0.457 e. The number of hydrogen-bond donors (Lipinski definition) is 0. The highest BCUT2D eigenvalue weighted by molar-refractivity contribution is 7.17. The number of thiazole rings is 1. The summed E-state index contributed by atoms with van der Waals surface area (Å²) in [6.45, 7) is 6.40. The number of ether oxygens (including phenoxy) is 2. The molecule has 138 valence electrons. The summed E-state index contributed by atoms with van der Waals surface area (Å²) in [5.74, 6) is -0.669. The third kappa shape index (κ3) is 4.61. The van der Waals surface area contributed by atoms with Crippen LogP contribution in [0.3, 0.4) is 0 Å². The number of hydrogen-bond acceptors (Lipinski definition) is 7. The minimum Gasteiger partial charge on any atom is -0.457 e. The van der Waals surface area contributed by atoms with Gasteiger partial charge in [0.25, 0.3) is 0 Å². The van der Waals surface area contributed by atoms with Crippen molar-refractivity contribution >= 4 is 28.5 Å². The number of nitrogens with zero attached hydrogens (tertiary/aromatic N) is 3. The van der Waals surface area contributed by atoms with Crippen molar-refractivity contribution in [2.75, 3.05) is 37.8 Å². The summed E-state index contributed by atoms with van der Waals surface area (Å²) in [7, 11) is 0. The van der Waals surface area contributed by atoms with E-state index >= 15 is 0 Å². The number of anilines is 1. The van der Waals surface area contributed by atoms with E-state index in [2.05, 4.69) is 11.5 Å². The molecule has 1 aromatic carbocycles. The van der Waals surface area contributed by atoms with Crippen LogP contribution in [0.4, 0.5) is 5.13 Å². The highest BCUT2D eigenvalue weighted by Gasteiger charge is 2.20. The number of carbonyl (C=O) groups is 1. The van der Waals surface area contributed by atoms with E-state index in [0.29, 0.717) is 13.2 Å². The molecule has 0 radical (unpaired) electrons. The van der Waals surface area contributed by atoms with Crippen LogP contribution in [0, 0.1) is 11.3 Å². The Hall–Kier alpha value is -2.95. The molecule has 3 rings (SSSR count). The molecule has 6 nitrogen and oxygen atoms in total. The average molecular weight is 381 g/mol. The Morgan fingerprint density at radius 1 is 1.37 bits per heavy atom. The van der Waals surface area contributed by atoms with Crippen molar-refractivity contribution in [3.63, 3.8) is 0 Å². The lowest BCUT2D eigenvalue weighted by Gasteiger charge is -2.26. The van der Waals surface area contributed by atoms with Crippen molar-refractivity contribution in [2.24, 2.45) is 0 Å². The zero-order valence-corrected chi connectivity index (χ0v) is 15.6. The fourth-order valence-electron chi connectivity index (χ4n) is 2.59. The number of benzene rings is 1. The molecule has 1 aromatic heterocycles. The molecule has 0 amide bonds. The number of nitriles is 1. The molecule has 2 aromatic rings. The maximum atomic E-state index is 12.1. The van der Waals surface area contributed by atoms with E-state index < -0.39 is 5.97 Å². The van der Waals surface area contributed by atoms with Crippen LogP contribution in [0.15, 0.2) is 48.6 Å². The fraction of sp³-hybridized carbons (Fsp3) is 0.250. The lowest BCUT2D eigenvalue weighted by atomic mass is 10.1. The normalized spacial score (nSPS) is 14.5. The van der Waals surface area contributed by atoms with Crippen molar-refractivity contribution in [1.82, 2.24) is 4.98 Å². The van der Waals surface area contributed by atoms with Crippen LogP contribution in [0.25, 0.3) is 17.3 Å². The van der Waals surface area contributed by atoms with Crippen LogP contribution in [-0.2, 0) is 14.3 Å². The molecule has 0 unspecified atom stereocenters. The van der Waals surface area contributed by atoms with Crippen LogP contribution in [0.5, 0.6) is 0 Å². The highest BCUT2D eigenvalue weighted by Crippen LogP contribution is 2.35. The van der Waals surface area contributed by atoms with Crippen molar-refractivity contribution < 1.29 is 14.3 Å². The standard InChI is InChI=1S/C20H19N3O3S/c1-2-10-26-19(24)16(14-21)13-17-18(15-6-4-3-5-7-15)22-20(27-17)23-8-11-25-12-9-23/h2-7,13H,1,8-12H2/b16-13+. The SMILES string of the molecule is C=CCOC(=O)/C(C#N)=C/c1sc(N2CCOCC2)nc1-c1ccccc1. The number of aromatic nitrogens is 1. The summed E-state index contributed by atoms with van der Waals surface area (Å²) in [5.41, 5.74) is 1.61. The minimum absolute atomic E-state index is 0.0606. The Bertz CT molecular complexity index is 878. The first-order valence-electron chi connectivity index (χ1n) is 8.51. The van der Waals surface area contributed by atoms with Crippen LogP contribution >= 0.6 is 11.3 Å². The van der Waals surface area contributed by atoms with Gasteiger partial charge in [0.2, 0.25) is 0 Å². The van der Waals surface area contributed by atoms with Gasteiger partial charge < -0.3 is 14.4 Å². The Morgan fingerprint density at radius 2 is 2.11 bits per heavy atom. The Morgan fingerprint density at radius 3 is 2.78 bits per heavy atom. The van der Waals surface area contributed by atoms with Crippen molar-refractivity contribution in [3.05, 3.63) is 53.4 Å². The molecular formula is C20H19N3O3S. The molecule has 27 heavy (non-hydrogen) atoms. The first kappa shape index (κ1) is 18.8. The zero-order valence-electron chi connectivity index (χ0n) is 14.8. The van der Waals surface area contributed by atoms with E-state index in [1.165, 1.54) is 17.4 Å². The molecule has 0 N–H and O–H groups in total. The predicted octanol–water partition coefficient (Wildman–Crippen LogP) is 3.28. The van der Waals surface area contributed by atoms with E-state index in [0.717, 1.165) is 34.4 Å². The lowest BCUT2D eigenvalue weighted by Crippen LogP contribution is -2.36. The van der Waals surface area contributed by atoms with Gasteiger partial charge in [0.1, 0.15) is 18.2 Å². The average Bonchev–Trinajstić information content (AvgIpc) is 3.15. The Balaban J connectivity index is 2.00. The molecule has 0 atom stereocenters. The van der Waals surface area contributed by atoms with Crippen LogP contribution in [0.2, 0.25) is 0 Å². The van der Waals surface area contributed by atoms with Crippen LogP contribution < -0.4 is 4.90 Å². The van der Waals surface area contributed by atoms with Gasteiger partial charge >= 0.3 is 5.97 Å². The molecule has 1 aliphatic heterocycles. The molecule has 0 saturated carbocycles. The monoisotopic (exact) mass is 381 g/mol. The fourth-order valence-corrected chi connectivity index (χ4v) is 3.67. The zero-order chi connectivity index (χ0) is 19.1. The van der Waals surface area contributed by atoms with Gasteiger partial charge in [0.15, 0.2) is 5.13 Å². The molecule has 1 saturated heterocycles. The van der Waals surface area contributed by atoms with Gasteiger partial charge in [-0.1, -0.05) is 54.3 Å². The molecule has 2 heterocycles. The number of carbonyl (C=O) groups excluding carboxylic acids is 1. The second-order valence-electron chi connectivity index (χ2n) is 5.73. The molecule has 0 aliphatic carbocycles. The predicted molar refractivity (Wildman–Crippen MR) is 105 cm³/mol. The number of esters is 1. The van der Waals surface area contributed by atoms with Gasteiger partial charge in [-0.05, 0) is 6.08 Å². The minimum atomic E-state index is -0.669. The summed E-state index contributed by atoms with van der Waals surface area (Å²) in [5, 5.41) is 10.2. The van der Waals surface area contributed by atoms with Crippen molar-refractivity contribution in [1.29, 1.82) is 5.26 Å². The first-order chi connectivity index (χ1) is 13.2. The molecule has 0 bridgehead atoms. The highest BCUT2D eigenvalue weighted by atomic mass is 32.1. The van der Waals surface area contributed by atoms with Crippen molar-refractivity contribution in [2.45, 2.75) is 0 Å². The summed E-state index contributed by atoms with van der Waals surface area (Å²) in [6.07, 6.45) is 3.01. The molecular weight excluding hydrogens is 362 g/mol. The number of rotatable bonds is 6. The molecule has 7 heteroatoms. The van der Waals surface area contributed by atoms with E-state index in [4.69, 9.17) is 14.5 Å². The van der Waals surface area contributed by atoms with Crippen LogP contribution in [0.1, 0.15) is 4.88 Å². The lowest BCUT2D eigenvalue weighted by molar-refractivity contribution is -0.137. The topological polar surface area (TPSA) is 75.5 Å². The third-order valence-electron chi connectivity index (χ3n) is 3.92. The van der Waals surface area contributed by atoms with Crippen molar-refractivity contribution in [3.8, 4) is 17.3 Å². The van der Waals surface area contributed by atoms with E-state index in [9.17, 15) is 10.1 Å². The van der Waals surface area contributed by atoms with E-state index in [1.54, 1.807) is 6.08 Å². The summed E-state index contributed by atoms with van der Waals surface area (Å²) in [4.78, 5) is 19.8. The van der Waals surface area contributed by atoms with Gasteiger partial charge in [-0.25, -0.2) is 9.78 Å². The second-order valence-corrected chi connectivity index (χ2v) is 6.74. The summed E-state index contributed by atoms with van der Waals surface area (Å²) in [6, 6.07) is 11.6. The quantitative estimate of drug-likeness (QED) is 0.331. The second kappa shape index (κ2) is 9.12. The summed E-state index contributed by atoms with van der Waals surface area (Å²) >= 11 is 1.45. The van der Waals surface area contributed by atoms with E-state index in [-0.39, 0.29) is 12.2 Å². The number of morpholine rings is 1. The van der Waals surface area contributed by atoms with Gasteiger partial charge in [0.05, 0.1) is 23.8 Å². The Labute approximate surface area is 162 Å². The maximum Gasteiger partial charge on any atom is 0.349 e. The summed E-state index contributed by atoms with van der Waals surface area (Å²) < 4.78 is 10.4. The first-order valence-corrected chi connectivity index (χ1v) is 9.33. The molecule has 1 fully saturated rings. The van der Waals surface area contributed by atoms with Gasteiger partial charge in [-0.2, -0.15) is 5.26 Å².